The minimum Gasteiger partial charge on any atom is -0.396 e. The van der Waals surface area contributed by atoms with E-state index in [1.807, 2.05) is 0 Å². The van der Waals surface area contributed by atoms with Crippen molar-refractivity contribution in [2.24, 2.45) is 22.7 Å². The Kier molecular flexibility index (Phi) is 5.52. The Morgan fingerprint density at radius 3 is 2.61 bits per heavy atom. The molecule has 4 atom stereocenters. The van der Waals surface area contributed by atoms with Gasteiger partial charge in [0.2, 0.25) is 0 Å². The first-order valence-corrected chi connectivity index (χ1v) is 8.89. The van der Waals surface area contributed by atoms with E-state index in [-0.39, 0.29) is 23.2 Å². The van der Waals surface area contributed by atoms with E-state index in [0.717, 1.165) is 38.5 Å². The fraction of sp³-hybridized carbons (Fsp3) is 0.750. The summed E-state index contributed by atoms with van der Waals surface area (Å²) in [6.45, 7) is 12.5. The van der Waals surface area contributed by atoms with Crippen molar-refractivity contribution in [3.63, 3.8) is 0 Å². The molecule has 3 nitrogen and oxygen atoms in total. The largest absolute Gasteiger partial charge is 0.396 e. The molecular formula is C20H32O3. The van der Waals surface area contributed by atoms with Crippen molar-refractivity contribution in [1.82, 2.24) is 0 Å². The van der Waals surface area contributed by atoms with Crippen LogP contribution < -0.4 is 0 Å². The standard InChI is InChI=1S/C20H32O3/c1-14-7-9-18-19(3,13-22)10-5-11-20(18,4)16(14)8-6-15(2)17(23)12-21/h16,18,21-22H,1-2,5-13H2,3-4H3/t16-,18-,19+,20+/m0/s1. The second kappa shape index (κ2) is 6.90. The molecule has 0 saturated heterocycles. The van der Waals surface area contributed by atoms with E-state index in [1.54, 1.807) is 0 Å². The molecule has 0 aromatic carbocycles. The first kappa shape index (κ1) is 18.4. The van der Waals surface area contributed by atoms with Gasteiger partial charge in [-0.05, 0) is 66.8 Å². The highest BCUT2D eigenvalue weighted by Crippen LogP contribution is 2.61. The lowest BCUT2D eigenvalue weighted by molar-refractivity contribution is -0.118. The van der Waals surface area contributed by atoms with E-state index in [2.05, 4.69) is 27.0 Å². The molecule has 2 aliphatic rings. The lowest BCUT2D eigenvalue weighted by atomic mass is 9.47. The van der Waals surface area contributed by atoms with E-state index in [9.17, 15) is 9.90 Å². The van der Waals surface area contributed by atoms with Crippen molar-refractivity contribution < 1.29 is 15.0 Å². The molecule has 0 unspecified atom stereocenters. The van der Waals surface area contributed by atoms with Crippen LogP contribution in [-0.2, 0) is 4.79 Å². The lowest BCUT2D eigenvalue weighted by Crippen LogP contribution is -2.51. The molecule has 0 aromatic rings. The fourth-order valence-corrected chi connectivity index (χ4v) is 5.38. The number of rotatable bonds is 6. The number of aliphatic hydroxyl groups excluding tert-OH is 2. The lowest BCUT2D eigenvalue weighted by Gasteiger charge is -2.58. The van der Waals surface area contributed by atoms with Gasteiger partial charge in [0, 0.05) is 6.61 Å². The zero-order valence-corrected chi connectivity index (χ0v) is 14.7. The van der Waals surface area contributed by atoms with Crippen molar-refractivity contribution in [2.45, 2.75) is 58.8 Å². The third-order valence-corrected chi connectivity index (χ3v) is 6.78. The van der Waals surface area contributed by atoms with Gasteiger partial charge >= 0.3 is 0 Å². The van der Waals surface area contributed by atoms with Crippen LogP contribution >= 0.6 is 0 Å². The molecule has 0 spiro atoms. The van der Waals surface area contributed by atoms with Crippen LogP contribution in [0.5, 0.6) is 0 Å². The van der Waals surface area contributed by atoms with Gasteiger partial charge in [0.05, 0.1) is 0 Å². The van der Waals surface area contributed by atoms with Crippen LogP contribution in [0.1, 0.15) is 58.8 Å². The Bertz CT molecular complexity index is 495. The molecular weight excluding hydrogens is 288 g/mol. The van der Waals surface area contributed by atoms with Crippen LogP contribution in [0, 0.1) is 22.7 Å². The van der Waals surface area contributed by atoms with Crippen molar-refractivity contribution in [2.75, 3.05) is 13.2 Å². The summed E-state index contributed by atoms with van der Waals surface area (Å²) >= 11 is 0. The maximum Gasteiger partial charge on any atom is 0.183 e. The Hall–Kier alpha value is -0.930. The van der Waals surface area contributed by atoms with Crippen LogP contribution in [0.4, 0.5) is 0 Å². The van der Waals surface area contributed by atoms with Crippen LogP contribution in [0.2, 0.25) is 0 Å². The van der Waals surface area contributed by atoms with Crippen LogP contribution in [-0.4, -0.2) is 29.2 Å². The summed E-state index contributed by atoms with van der Waals surface area (Å²) < 4.78 is 0. The second-order valence-electron chi connectivity index (χ2n) is 8.20. The Balaban J connectivity index is 2.18. The van der Waals surface area contributed by atoms with E-state index in [0.29, 0.717) is 23.8 Å². The van der Waals surface area contributed by atoms with Crippen LogP contribution in [0.3, 0.4) is 0 Å². The van der Waals surface area contributed by atoms with Gasteiger partial charge in [-0.3, -0.25) is 4.79 Å². The molecule has 0 heterocycles. The number of ketones is 1. The Labute approximate surface area is 140 Å². The minimum atomic E-state index is -0.451. The number of hydrogen-bond acceptors (Lipinski definition) is 3. The smallest absolute Gasteiger partial charge is 0.183 e. The van der Waals surface area contributed by atoms with Crippen molar-refractivity contribution >= 4 is 5.78 Å². The van der Waals surface area contributed by atoms with Gasteiger partial charge in [0.15, 0.2) is 5.78 Å². The highest BCUT2D eigenvalue weighted by atomic mass is 16.3. The molecule has 130 valence electrons. The first-order chi connectivity index (χ1) is 10.8. The van der Waals surface area contributed by atoms with Gasteiger partial charge < -0.3 is 10.2 Å². The zero-order valence-electron chi connectivity index (χ0n) is 14.7. The molecule has 2 fully saturated rings. The number of allylic oxidation sites excluding steroid dienone is 1. The van der Waals surface area contributed by atoms with Gasteiger partial charge in [0.1, 0.15) is 6.61 Å². The van der Waals surface area contributed by atoms with Gasteiger partial charge in [0.25, 0.3) is 0 Å². The molecule has 3 heteroatoms. The van der Waals surface area contributed by atoms with Crippen LogP contribution in [0.15, 0.2) is 24.3 Å². The number of carbonyl (C=O) groups is 1. The predicted octanol–water partition coefficient (Wildman–Crippen LogP) is 3.66. The van der Waals surface area contributed by atoms with Gasteiger partial charge in [-0.25, -0.2) is 0 Å². The quantitative estimate of drug-likeness (QED) is 0.580. The number of fused-ring (bicyclic) bond motifs is 1. The molecule has 2 aliphatic carbocycles. The van der Waals surface area contributed by atoms with E-state index >= 15 is 0 Å². The number of aliphatic hydroxyl groups is 2. The molecule has 2 N–H and O–H groups in total. The fourth-order valence-electron chi connectivity index (χ4n) is 5.38. The summed E-state index contributed by atoms with van der Waals surface area (Å²) in [5.74, 6) is 0.624. The topological polar surface area (TPSA) is 57.5 Å². The summed E-state index contributed by atoms with van der Waals surface area (Å²) in [5, 5.41) is 18.9. The van der Waals surface area contributed by atoms with E-state index in [1.165, 1.54) is 5.57 Å². The third-order valence-electron chi connectivity index (χ3n) is 6.78. The summed E-state index contributed by atoms with van der Waals surface area (Å²) in [4.78, 5) is 11.6. The zero-order chi connectivity index (χ0) is 17.3. The molecule has 0 aromatic heterocycles. The molecule has 0 aliphatic heterocycles. The van der Waals surface area contributed by atoms with E-state index < -0.39 is 6.61 Å². The average Bonchev–Trinajstić information content (AvgIpc) is 2.52. The number of hydrogen-bond donors (Lipinski definition) is 2. The minimum absolute atomic E-state index is 0.00385. The van der Waals surface area contributed by atoms with Crippen molar-refractivity contribution in [3.05, 3.63) is 24.3 Å². The summed E-state index contributed by atoms with van der Waals surface area (Å²) in [6.07, 6.45) is 7.03. The van der Waals surface area contributed by atoms with Crippen molar-refractivity contribution in [1.29, 1.82) is 0 Å². The summed E-state index contributed by atoms with van der Waals surface area (Å²) in [6, 6.07) is 0. The number of carbonyl (C=O) groups excluding carboxylic acids is 1. The molecule has 0 radical (unpaired) electrons. The maximum absolute atomic E-state index is 11.6. The monoisotopic (exact) mass is 320 g/mol. The Morgan fingerprint density at radius 2 is 2.00 bits per heavy atom. The van der Waals surface area contributed by atoms with E-state index in [4.69, 9.17) is 5.11 Å². The van der Waals surface area contributed by atoms with Crippen molar-refractivity contribution in [3.8, 4) is 0 Å². The normalized spacial score (nSPS) is 37.3. The molecule has 23 heavy (non-hydrogen) atoms. The van der Waals surface area contributed by atoms with Gasteiger partial charge in [-0.2, -0.15) is 0 Å². The average molecular weight is 320 g/mol. The summed E-state index contributed by atoms with van der Waals surface area (Å²) in [5.41, 5.74) is 1.96. The molecule has 0 bridgehead atoms. The SMILES string of the molecule is C=C(CC[C@H]1C(=C)CC[C@H]2[C@@](C)(CO)CCC[C@]12C)C(=O)CO. The molecule has 2 saturated carbocycles. The first-order valence-electron chi connectivity index (χ1n) is 8.89. The van der Waals surface area contributed by atoms with Crippen LogP contribution in [0.25, 0.3) is 0 Å². The molecule has 0 amide bonds. The highest BCUT2D eigenvalue weighted by Gasteiger charge is 2.53. The predicted molar refractivity (Wildman–Crippen MR) is 93.0 cm³/mol. The maximum atomic E-state index is 11.6. The number of Topliss-reactive ketones (excluding diaryl/α,β-unsaturated/α-hetero) is 1. The Morgan fingerprint density at radius 1 is 1.30 bits per heavy atom. The van der Waals surface area contributed by atoms with Gasteiger partial charge in [-0.1, -0.05) is 39.0 Å². The van der Waals surface area contributed by atoms with Gasteiger partial charge in [-0.15, -0.1) is 0 Å². The second-order valence-corrected chi connectivity index (χ2v) is 8.20. The summed E-state index contributed by atoms with van der Waals surface area (Å²) in [7, 11) is 0. The molecule has 2 rings (SSSR count). The third kappa shape index (κ3) is 3.32. The highest BCUT2D eigenvalue weighted by molar-refractivity contribution is 5.95.